The van der Waals surface area contributed by atoms with Crippen LogP contribution in [0.3, 0.4) is 0 Å². The molecule has 0 aliphatic rings. The third-order valence-electron chi connectivity index (χ3n) is 3.13. The van der Waals surface area contributed by atoms with Gasteiger partial charge in [-0.15, -0.1) is 0 Å². The number of benzene rings is 1. The second kappa shape index (κ2) is 6.41. The number of nitrogens with one attached hydrogen (secondary N) is 1. The number of hydrogen-bond acceptors (Lipinski definition) is 4. The molecule has 21 heavy (non-hydrogen) atoms. The Morgan fingerprint density at radius 3 is 2.57 bits per heavy atom. The summed E-state index contributed by atoms with van der Waals surface area (Å²) in [5, 5.41) is 10.3. The summed E-state index contributed by atoms with van der Waals surface area (Å²) in [5.41, 5.74) is -0.624. The van der Waals surface area contributed by atoms with Crippen molar-refractivity contribution in [3.63, 3.8) is 0 Å². The summed E-state index contributed by atoms with van der Waals surface area (Å²) >= 11 is 0. The Balaban J connectivity index is 2.53. The van der Waals surface area contributed by atoms with E-state index < -0.39 is 11.2 Å². The van der Waals surface area contributed by atoms with Crippen molar-refractivity contribution in [3.05, 3.63) is 51.2 Å². The fourth-order valence-corrected chi connectivity index (χ4v) is 2.19. The highest BCUT2D eigenvalue weighted by Crippen LogP contribution is 2.23. The standard InChI is InChI=1S/C15H18N2O4/c1-3-21-10(2)9-17-14(19)12(13(18)16-15(17)20)11-7-5-4-6-8-11/h4-8,10,19H,3,9H2,1-2H3,(H,16,18,20). The molecule has 0 bridgehead atoms. The zero-order valence-corrected chi connectivity index (χ0v) is 12.0. The van der Waals surface area contributed by atoms with Gasteiger partial charge < -0.3 is 9.84 Å². The Morgan fingerprint density at radius 2 is 1.95 bits per heavy atom. The van der Waals surface area contributed by atoms with Gasteiger partial charge in [0.25, 0.3) is 5.56 Å². The van der Waals surface area contributed by atoms with Gasteiger partial charge in [-0.2, -0.15) is 0 Å². The maximum atomic E-state index is 12.0. The van der Waals surface area contributed by atoms with Gasteiger partial charge in [0, 0.05) is 6.61 Å². The number of aromatic nitrogens is 2. The first-order valence-corrected chi connectivity index (χ1v) is 6.77. The first kappa shape index (κ1) is 15.1. The lowest BCUT2D eigenvalue weighted by Crippen LogP contribution is -2.34. The molecule has 0 spiro atoms. The van der Waals surface area contributed by atoms with Crippen LogP contribution in [0.25, 0.3) is 11.1 Å². The van der Waals surface area contributed by atoms with Gasteiger partial charge in [0.2, 0.25) is 5.88 Å². The maximum absolute atomic E-state index is 12.0. The van der Waals surface area contributed by atoms with Gasteiger partial charge in [0.15, 0.2) is 0 Å². The predicted molar refractivity (Wildman–Crippen MR) is 79.5 cm³/mol. The van der Waals surface area contributed by atoms with Crippen LogP contribution in [0.2, 0.25) is 0 Å². The van der Waals surface area contributed by atoms with Crippen molar-refractivity contribution >= 4 is 0 Å². The third kappa shape index (κ3) is 3.22. The molecule has 1 atom stereocenters. The topological polar surface area (TPSA) is 84.3 Å². The largest absolute Gasteiger partial charge is 0.494 e. The van der Waals surface area contributed by atoms with Crippen LogP contribution in [0.4, 0.5) is 0 Å². The quantitative estimate of drug-likeness (QED) is 0.870. The zero-order chi connectivity index (χ0) is 15.4. The van der Waals surface area contributed by atoms with Crippen LogP contribution in [-0.4, -0.2) is 27.4 Å². The van der Waals surface area contributed by atoms with Gasteiger partial charge in [-0.1, -0.05) is 30.3 Å². The van der Waals surface area contributed by atoms with Crippen LogP contribution in [-0.2, 0) is 11.3 Å². The summed E-state index contributed by atoms with van der Waals surface area (Å²) in [5.74, 6) is -0.346. The van der Waals surface area contributed by atoms with Gasteiger partial charge in [-0.25, -0.2) is 4.79 Å². The van der Waals surface area contributed by atoms with Crippen LogP contribution in [0.15, 0.2) is 39.9 Å². The average Bonchev–Trinajstić information content (AvgIpc) is 2.45. The molecule has 2 N–H and O–H groups in total. The van der Waals surface area contributed by atoms with E-state index in [1.54, 1.807) is 31.2 Å². The summed E-state index contributed by atoms with van der Waals surface area (Å²) < 4.78 is 6.48. The van der Waals surface area contributed by atoms with E-state index in [1.165, 1.54) is 0 Å². The van der Waals surface area contributed by atoms with Crippen molar-refractivity contribution < 1.29 is 9.84 Å². The molecule has 6 nitrogen and oxygen atoms in total. The van der Waals surface area contributed by atoms with E-state index in [-0.39, 0.29) is 24.1 Å². The second-order valence-corrected chi connectivity index (χ2v) is 4.70. The summed E-state index contributed by atoms with van der Waals surface area (Å²) in [7, 11) is 0. The highest BCUT2D eigenvalue weighted by Gasteiger charge is 2.17. The number of rotatable bonds is 5. The van der Waals surface area contributed by atoms with Gasteiger partial charge in [-0.3, -0.25) is 14.3 Å². The van der Waals surface area contributed by atoms with Gasteiger partial charge in [0.1, 0.15) is 5.56 Å². The van der Waals surface area contributed by atoms with Crippen molar-refractivity contribution in [1.82, 2.24) is 9.55 Å². The Bertz CT molecular complexity index is 719. The minimum atomic E-state index is -0.649. The summed E-state index contributed by atoms with van der Waals surface area (Å²) in [6.07, 6.45) is -0.256. The van der Waals surface area contributed by atoms with E-state index in [2.05, 4.69) is 4.98 Å². The third-order valence-corrected chi connectivity index (χ3v) is 3.13. The van der Waals surface area contributed by atoms with Crippen molar-refractivity contribution in [3.8, 4) is 17.0 Å². The van der Waals surface area contributed by atoms with E-state index in [9.17, 15) is 14.7 Å². The normalized spacial score (nSPS) is 12.3. The zero-order valence-electron chi connectivity index (χ0n) is 12.0. The molecule has 2 rings (SSSR count). The summed E-state index contributed by atoms with van der Waals surface area (Å²) in [4.78, 5) is 26.1. The van der Waals surface area contributed by atoms with Crippen LogP contribution in [0.5, 0.6) is 5.88 Å². The maximum Gasteiger partial charge on any atom is 0.331 e. The monoisotopic (exact) mass is 290 g/mol. The molecular weight excluding hydrogens is 272 g/mol. The molecule has 0 fully saturated rings. The molecule has 0 saturated carbocycles. The van der Waals surface area contributed by atoms with Crippen molar-refractivity contribution in [1.29, 1.82) is 0 Å². The molecule has 0 amide bonds. The van der Waals surface area contributed by atoms with Crippen LogP contribution in [0.1, 0.15) is 13.8 Å². The fourth-order valence-electron chi connectivity index (χ4n) is 2.19. The Kier molecular flexibility index (Phi) is 4.59. The number of aromatic amines is 1. The SMILES string of the molecule is CCOC(C)Cn1c(O)c(-c2ccccc2)c(=O)[nH]c1=O. The Hall–Kier alpha value is -2.34. The number of aromatic hydroxyl groups is 1. The molecule has 0 aliphatic heterocycles. The molecule has 1 heterocycles. The Morgan fingerprint density at radius 1 is 1.29 bits per heavy atom. The van der Waals surface area contributed by atoms with Crippen molar-refractivity contribution in [2.75, 3.05) is 6.61 Å². The van der Waals surface area contributed by atoms with E-state index in [0.29, 0.717) is 12.2 Å². The molecule has 0 aliphatic carbocycles. The van der Waals surface area contributed by atoms with E-state index in [4.69, 9.17) is 4.74 Å². The highest BCUT2D eigenvalue weighted by molar-refractivity contribution is 5.67. The molecule has 2 aromatic rings. The smallest absolute Gasteiger partial charge is 0.331 e. The number of H-pyrrole nitrogens is 1. The van der Waals surface area contributed by atoms with Crippen molar-refractivity contribution in [2.45, 2.75) is 26.5 Å². The van der Waals surface area contributed by atoms with Gasteiger partial charge >= 0.3 is 5.69 Å². The molecule has 0 saturated heterocycles. The van der Waals surface area contributed by atoms with E-state index >= 15 is 0 Å². The summed E-state index contributed by atoms with van der Waals surface area (Å²) in [6, 6.07) is 8.72. The molecule has 1 unspecified atom stereocenters. The minimum Gasteiger partial charge on any atom is -0.494 e. The van der Waals surface area contributed by atoms with Crippen LogP contribution < -0.4 is 11.2 Å². The molecule has 1 aromatic carbocycles. The van der Waals surface area contributed by atoms with Gasteiger partial charge in [-0.05, 0) is 19.4 Å². The minimum absolute atomic E-state index is 0.0823. The number of ether oxygens (including phenoxy) is 1. The number of nitrogens with zero attached hydrogens (tertiary/aromatic N) is 1. The lowest BCUT2D eigenvalue weighted by atomic mass is 10.1. The second-order valence-electron chi connectivity index (χ2n) is 4.70. The molecule has 1 aromatic heterocycles. The lowest BCUT2D eigenvalue weighted by molar-refractivity contribution is 0.0612. The Labute approximate surface area is 121 Å². The first-order chi connectivity index (χ1) is 10.0. The fraction of sp³-hybridized carbons (Fsp3) is 0.333. The van der Waals surface area contributed by atoms with Crippen molar-refractivity contribution in [2.24, 2.45) is 0 Å². The first-order valence-electron chi connectivity index (χ1n) is 6.77. The molecule has 0 radical (unpaired) electrons. The molecule has 112 valence electrons. The van der Waals surface area contributed by atoms with E-state index in [0.717, 1.165) is 4.57 Å². The van der Waals surface area contributed by atoms with Gasteiger partial charge in [0.05, 0.1) is 12.6 Å². The average molecular weight is 290 g/mol. The molecule has 6 heteroatoms. The predicted octanol–water partition coefficient (Wildman–Crippen LogP) is 1.33. The highest BCUT2D eigenvalue weighted by atomic mass is 16.5. The summed E-state index contributed by atoms with van der Waals surface area (Å²) in [6.45, 7) is 4.31. The lowest BCUT2D eigenvalue weighted by Gasteiger charge is -2.16. The van der Waals surface area contributed by atoms with E-state index in [1.807, 2.05) is 13.0 Å². The molecular formula is C15H18N2O4. The number of hydrogen-bond donors (Lipinski definition) is 2. The van der Waals surface area contributed by atoms with Crippen LogP contribution in [0, 0.1) is 0 Å². The van der Waals surface area contributed by atoms with Crippen LogP contribution >= 0.6 is 0 Å².